The molecule has 0 bridgehead atoms. The van der Waals surface area contributed by atoms with Crippen LogP contribution >= 0.6 is 0 Å². The van der Waals surface area contributed by atoms with Crippen LogP contribution in [0.25, 0.3) is 6.08 Å². The van der Waals surface area contributed by atoms with E-state index in [0.717, 1.165) is 38.3 Å². The molecule has 1 aromatic rings. The number of hydrogen-bond acceptors (Lipinski definition) is 5. The quantitative estimate of drug-likeness (QED) is 0.698. The maximum Gasteiger partial charge on any atom is 0.246 e. The Morgan fingerprint density at radius 1 is 1.04 bits per heavy atom. The number of hydrogen-bond donors (Lipinski definition) is 0. The molecule has 1 amide bonds. The van der Waals surface area contributed by atoms with E-state index in [-0.39, 0.29) is 5.91 Å². The van der Waals surface area contributed by atoms with Crippen LogP contribution in [0.2, 0.25) is 0 Å². The Kier molecular flexibility index (Phi) is 7.33. The van der Waals surface area contributed by atoms with Crippen LogP contribution in [-0.2, 0) is 4.79 Å². The van der Waals surface area contributed by atoms with Crippen molar-refractivity contribution in [2.75, 3.05) is 54.1 Å². The molecule has 6 nitrogen and oxygen atoms in total. The van der Waals surface area contributed by atoms with Gasteiger partial charge in [0.15, 0.2) is 11.5 Å². The molecule has 0 aliphatic carbocycles. The van der Waals surface area contributed by atoms with E-state index < -0.39 is 0 Å². The van der Waals surface area contributed by atoms with Crippen molar-refractivity contribution in [3.63, 3.8) is 0 Å². The molecule has 0 unspecified atom stereocenters. The fourth-order valence-electron chi connectivity index (χ4n) is 3.14. The lowest BCUT2D eigenvalue weighted by Gasteiger charge is -2.35. The lowest BCUT2D eigenvalue weighted by atomic mass is 10.1. The summed E-state index contributed by atoms with van der Waals surface area (Å²) in [6, 6.07) is 3.65. The summed E-state index contributed by atoms with van der Waals surface area (Å²) in [4.78, 5) is 16.8. The van der Waals surface area contributed by atoms with Crippen molar-refractivity contribution in [3.8, 4) is 17.2 Å². The molecule has 26 heavy (non-hydrogen) atoms. The molecule has 0 aromatic heterocycles. The molecule has 1 aliphatic heterocycles. The highest BCUT2D eigenvalue weighted by atomic mass is 16.5. The molecule has 1 heterocycles. The van der Waals surface area contributed by atoms with E-state index in [1.165, 1.54) is 0 Å². The second-order valence-corrected chi connectivity index (χ2v) is 6.81. The lowest BCUT2D eigenvalue weighted by molar-refractivity contribution is -0.127. The zero-order chi connectivity index (χ0) is 19.1. The summed E-state index contributed by atoms with van der Waals surface area (Å²) in [6.07, 6.45) is 3.39. The van der Waals surface area contributed by atoms with E-state index in [2.05, 4.69) is 18.7 Å². The van der Waals surface area contributed by atoms with Gasteiger partial charge in [0.1, 0.15) is 0 Å². The van der Waals surface area contributed by atoms with Gasteiger partial charge in [-0.1, -0.05) is 13.8 Å². The zero-order valence-corrected chi connectivity index (χ0v) is 16.4. The number of piperazine rings is 1. The largest absolute Gasteiger partial charge is 0.493 e. The fraction of sp³-hybridized carbons (Fsp3) is 0.550. The highest BCUT2D eigenvalue weighted by molar-refractivity contribution is 5.92. The third kappa shape index (κ3) is 5.14. The Hall–Kier alpha value is -2.21. The van der Waals surface area contributed by atoms with Crippen LogP contribution in [0.15, 0.2) is 18.2 Å². The zero-order valence-electron chi connectivity index (χ0n) is 16.4. The summed E-state index contributed by atoms with van der Waals surface area (Å²) in [5.74, 6) is 2.36. The Labute approximate surface area is 156 Å². The first-order chi connectivity index (χ1) is 12.5. The van der Waals surface area contributed by atoms with Gasteiger partial charge in [-0.15, -0.1) is 0 Å². The molecule has 1 saturated heterocycles. The van der Waals surface area contributed by atoms with Gasteiger partial charge in [0.05, 0.1) is 21.3 Å². The van der Waals surface area contributed by atoms with Gasteiger partial charge in [0.2, 0.25) is 11.7 Å². The lowest BCUT2D eigenvalue weighted by Crippen LogP contribution is -2.49. The minimum atomic E-state index is 0.0305. The summed E-state index contributed by atoms with van der Waals surface area (Å²) in [7, 11) is 4.72. The monoisotopic (exact) mass is 362 g/mol. The molecule has 1 aliphatic rings. The van der Waals surface area contributed by atoms with Crippen LogP contribution < -0.4 is 14.2 Å². The predicted octanol–water partition coefficient (Wildman–Crippen LogP) is 2.53. The van der Waals surface area contributed by atoms with Gasteiger partial charge < -0.3 is 19.1 Å². The molecule has 0 saturated carbocycles. The molecule has 0 radical (unpaired) electrons. The van der Waals surface area contributed by atoms with Gasteiger partial charge in [0, 0.05) is 38.8 Å². The first-order valence-corrected chi connectivity index (χ1v) is 8.97. The van der Waals surface area contributed by atoms with Gasteiger partial charge in [-0.25, -0.2) is 0 Å². The van der Waals surface area contributed by atoms with Crippen LogP contribution in [0.3, 0.4) is 0 Å². The number of ether oxygens (including phenoxy) is 3. The molecular weight excluding hydrogens is 332 g/mol. The first-order valence-electron chi connectivity index (χ1n) is 8.97. The van der Waals surface area contributed by atoms with Crippen molar-refractivity contribution in [1.29, 1.82) is 0 Å². The maximum absolute atomic E-state index is 12.5. The maximum atomic E-state index is 12.5. The highest BCUT2D eigenvalue weighted by Gasteiger charge is 2.20. The molecule has 0 atom stereocenters. The second-order valence-electron chi connectivity index (χ2n) is 6.81. The normalized spacial score (nSPS) is 15.5. The van der Waals surface area contributed by atoms with Crippen molar-refractivity contribution in [1.82, 2.24) is 9.80 Å². The Morgan fingerprint density at radius 3 is 2.08 bits per heavy atom. The van der Waals surface area contributed by atoms with Crippen molar-refractivity contribution in [3.05, 3.63) is 23.8 Å². The minimum Gasteiger partial charge on any atom is -0.493 e. The van der Waals surface area contributed by atoms with Gasteiger partial charge in [0.25, 0.3) is 0 Å². The summed E-state index contributed by atoms with van der Waals surface area (Å²) in [6.45, 7) is 8.93. The molecular formula is C20H30N2O4. The number of amides is 1. The molecule has 2 rings (SSSR count). The Bertz CT molecular complexity index is 610. The molecule has 6 heteroatoms. The van der Waals surface area contributed by atoms with Crippen molar-refractivity contribution in [2.24, 2.45) is 5.92 Å². The minimum absolute atomic E-state index is 0.0305. The van der Waals surface area contributed by atoms with Gasteiger partial charge >= 0.3 is 0 Å². The Morgan fingerprint density at radius 2 is 1.62 bits per heavy atom. The summed E-state index contributed by atoms with van der Waals surface area (Å²) >= 11 is 0. The van der Waals surface area contributed by atoms with E-state index in [1.54, 1.807) is 33.5 Å². The molecule has 144 valence electrons. The fourth-order valence-corrected chi connectivity index (χ4v) is 3.14. The van der Waals surface area contributed by atoms with E-state index in [4.69, 9.17) is 14.2 Å². The topological polar surface area (TPSA) is 51.2 Å². The summed E-state index contributed by atoms with van der Waals surface area (Å²) < 4.78 is 16.0. The van der Waals surface area contributed by atoms with Gasteiger partial charge in [-0.3, -0.25) is 9.69 Å². The standard InChI is InChI=1S/C20H30N2O4/c1-15(2)14-21-8-10-22(11-9-21)19(23)7-6-16-12-17(24-3)20(26-5)18(13-16)25-4/h6-7,12-13,15H,8-11,14H2,1-5H3/b7-6+. The molecule has 1 fully saturated rings. The van der Waals surface area contributed by atoms with E-state index in [0.29, 0.717) is 23.2 Å². The highest BCUT2D eigenvalue weighted by Crippen LogP contribution is 2.38. The van der Waals surface area contributed by atoms with Crippen molar-refractivity contribution in [2.45, 2.75) is 13.8 Å². The number of benzene rings is 1. The van der Waals surface area contributed by atoms with Gasteiger partial charge in [-0.2, -0.15) is 0 Å². The smallest absolute Gasteiger partial charge is 0.246 e. The van der Waals surface area contributed by atoms with Crippen LogP contribution in [0, 0.1) is 5.92 Å². The van der Waals surface area contributed by atoms with Crippen LogP contribution in [-0.4, -0.2) is 69.8 Å². The van der Waals surface area contributed by atoms with Gasteiger partial charge in [-0.05, 0) is 29.7 Å². The van der Waals surface area contributed by atoms with E-state index >= 15 is 0 Å². The number of carbonyl (C=O) groups excluding carboxylic acids is 1. The van der Waals surface area contributed by atoms with Crippen LogP contribution in [0.5, 0.6) is 17.2 Å². The number of carbonyl (C=O) groups is 1. The first kappa shape index (κ1) is 20.1. The van der Waals surface area contributed by atoms with E-state index in [9.17, 15) is 4.79 Å². The van der Waals surface area contributed by atoms with Crippen LogP contribution in [0.4, 0.5) is 0 Å². The van der Waals surface area contributed by atoms with E-state index in [1.807, 2.05) is 17.0 Å². The number of nitrogens with zero attached hydrogens (tertiary/aromatic N) is 2. The average molecular weight is 362 g/mol. The third-order valence-corrected chi connectivity index (χ3v) is 4.41. The van der Waals surface area contributed by atoms with Crippen molar-refractivity contribution >= 4 is 12.0 Å². The third-order valence-electron chi connectivity index (χ3n) is 4.41. The summed E-state index contributed by atoms with van der Waals surface area (Å²) in [5.41, 5.74) is 0.825. The summed E-state index contributed by atoms with van der Waals surface area (Å²) in [5, 5.41) is 0. The second kappa shape index (κ2) is 9.48. The molecule has 0 N–H and O–H groups in total. The number of methoxy groups -OCH3 is 3. The molecule has 1 aromatic carbocycles. The SMILES string of the molecule is COc1cc(/C=C/C(=O)N2CCN(CC(C)C)CC2)cc(OC)c1OC. The average Bonchev–Trinajstić information content (AvgIpc) is 2.65. The molecule has 0 spiro atoms. The van der Waals surface area contributed by atoms with Crippen molar-refractivity contribution < 1.29 is 19.0 Å². The van der Waals surface area contributed by atoms with Crippen LogP contribution in [0.1, 0.15) is 19.4 Å². The number of rotatable bonds is 7. The predicted molar refractivity (Wildman–Crippen MR) is 103 cm³/mol. The Balaban J connectivity index is 2.02.